The molecule has 146 valence electrons. The van der Waals surface area contributed by atoms with Gasteiger partial charge in [-0.2, -0.15) is 0 Å². The molecule has 0 aliphatic carbocycles. The Balaban J connectivity index is 1.54. The lowest BCUT2D eigenvalue weighted by Gasteiger charge is -2.38. The molecule has 0 spiro atoms. The van der Waals surface area contributed by atoms with Gasteiger partial charge >= 0.3 is 0 Å². The highest BCUT2D eigenvalue weighted by molar-refractivity contribution is 5.96. The summed E-state index contributed by atoms with van der Waals surface area (Å²) in [6.45, 7) is 4.64. The summed E-state index contributed by atoms with van der Waals surface area (Å²) in [5.74, 6) is -0.271. The van der Waals surface area contributed by atoms with Gasteiger partial charge in [-0.05, 0) is 25.8 Å². The maximum Gasteiger partial charge on any atom is 0.292 e. The number of para-hydroxylation sites is 2. The minimum atomic E-state index is -0.518. The molecule has 9 nitrogen and oxygen atoms in total. The molecular formula is C18H24N4O5. The molecule has 0 bridgehead atoms. The van der Waals surface area contributed by atoms with E-state index in [1.807, 2.05) is 4.90 Å². The van der Waals surface area contributed by atoms with Gasteiger partial charge in [0, 0.05) is 38.9 Å². The van der Waals surface area contributed by atoms with Crippen molar-refractivity contribution in [2.24, 2.45) is 0 Å². The molecule has 2 fully saturated rings. The first-order valence-electron chi connectivity index (χ1n) is 9.16. The third kappa shape index (κ3) is 4.42. The van der Waals surface area contributed by atoms with Crippen LogP contribution < -0.4 is 5.32 Å². The predicted octanol–water partition coefficient (Wildman–Crippen LogP) is 1.24. The summed E-state index contributed by atoms with van der Waals surface area (Å²) in [4.78, 5) is 39.3. The lowest BCUT2D eigenvalue weighted by molar-refractivity contribution is -0.383. The number of piperazine rings is 1. The second-order valence-electron chi connectivity index (χ2n) is 6.80. The lowest BCUT2D eigenvalue weighted by Crippen LogP contribution is -2.55. The van der Waals surface area contributed by atoms with E-state index in [1.54, 1.807) is 24.0 Å². The van der Waals surface area contributed by atoms with E-state index >= 15 is 0 Å². The van der Waals surface area contributed by atoms with Crippen molar-refractivity contribution in [3.63, 3.8) is 0 Å². The average Bonchev–Trinajstić information content (AvgIpc) is 3.22. The zero-order chi connectivity index (χ0) is 19.4. The van der Waals surface area contributed by atoms with Crippen LogP contribution in [0.25, 0.3) is 0 Å². The summed E-state index contributed by atoms with van der Waals surface area (Å²) >= 11 is 0. The largest absolute Gasteiger partial charge is 0.368 e. The maximum absolute atomic E-state index is 12.5. The molecule has 2 amide bonds. The number of anilines is 1. The van der Waals surface area contributed by atoms with E-state index in [4.69, 9.17) is 4.74 Å². The number of hydrogen-bond acceptors (Lipinski definition) is 6. The highest BCUT2D eigenvalue weighted by Crippen LogP contribution is 2.24. The van der Waals surface area contributed by atoms with Crippen LogP contribution in [-0.4, -0.2) is 71.5 Å². The zero-order valence-corrected chi connectivity index (χ0v) is 15.3. The van der Waals surface area contributed by atoms with Crippen molar-refractivity contribution in [1.82, 2.24) is 9.80 Å². The lowest BCUT2D eigenvalue weighted by atomic mass is 10.1. The number of carbonyl (C=O) groups excluding carboxylic acids is 2. The number of hydrogen-bond donors (Lipinski definition) is 1. The third-order valence-corrected chi connectivity index (χ3v) is 5.12. The first-order chi connectivity index (χ1) is 13.0. The number of nitro groups is 1. The van der Waals surface area contributed by atoms with Gasteiger partial charge in [0.05, 0.1) is 11.0 Å². The number of nitro benzene ring substituents is 1. The molecule has 3 rings (SSSR count). The predicted molar refractivity (Wildman–Crippen MR) is 98.3 cm³/mol. The van der Waals surface area contributed by atoms with Crippen molar-refractivity contribution in [3.05, 3.63) is 34.4 Å². The monoisotopic (exact) mass is 376 g/mol. The minimum Gasteiger partial charge on any atom is -0.368 e. The molecule has 1 aromatic rings. The van der Waals surface area contributed by atoms with Crippen molar-refractivity contribution >= 4 is 23.2 Å². The van der Waals surface area contributed by atoms with E-state index in [9.17, 15) is 19.7 Å². The summed E-state index contributed by atoms with van der Waals surface area (Å²) < 4.78 is 5.45. The van der Waals surface area contributed by atoms with E-state index in [0.29, 0.717) is 32.8 Å². The van der Waals surface area contributed by atoms with Crippen LogP contribution in [0.5, 0.6) is 0 Å². The van der Waals surface area contributed by atoms with Crippen LogP contribution in [0.1, 0.15) is 19.8 Å². The first kappa shape index (κ1) is 19.2. The van der Waals surface area contributed by atoms with Gasteiger partial charge in [-0.3, -0.25) is 24.6 Å². The summed E-state index contributed by atoms with van der Waals surface area (Å²) in [7, 11) is 0. The molecule has 1 aromatic carbocycles. The van der Waals surface area contributed by atoms with Crippen LogP contribution in [-0.2, 0) is 14.3 Å². The molecular weight excluding hydrogens is 352 g/mol. The van der Waals surface area contributed by atoms with Gasteiger partial charge in [-0.25, -0.2) is 0 Å². The van der Waals surface area contributed by atoms with Crippen LogP contribution >= 0.6 is 0 Å². The van der Waals surface area contributed by atoms with Crippen molar-refractivity contribution in [3.8, 4) is 0 Å². The van der Waals surface area contributed by atoms with Gasteiger partial charge in [0.15, 0.2) is 0 Å². The fourth-order valence-electron chi connectivity index (χ4n) is 3.45. The highest BCUT2D eigenvalue weighted by atomic mass is 16.6. The Kier molecular flexibility index (Phi) is 6.02. The summed E-state index contributed by atoms with van der Waals surface area (Å²) in [5.41, 5.74) is 0.0524. The molecule has 0 radical (unpaired) electrons. The van der Waals surface area contributed by atoms with E-state index < -0.39 is 11.0 Å². The molecule has 2 aliphatic rings. The van der Waals surface area contributed by atoms with Crippen molar-refractivity contribution < 1.29 is 19.2 Å². The standard InChI is InChI=1S/C18H24N4O5/c1-13(17(23)19-14-5-2-3-6-15(14)22(25)26)20-8-10-21(11-9-20)18(24)16-7-4-12-27-16/h2-3,5-6,13,16H,4,7-12H2,1H3,(H,19,23)/t13-,16-/m0/s1. The van der Waals surface area contributed by atoms with Crippen LogP contribution in [0.3, 0.4) is 0 Å². The number of rotatable bonds is 5. The Labute approximate surface area is 157 Å². The minimum absolute atomic E-state index is 0.0316. The van der Waals surface area contributed by atoms with Gasteiger partial charge in [0.2, 0.25) is 5.91 Å². The Morgan fingerprint density at radius 1 is 1.26 bits per heavy atom. The second kappa shape index (κ2) is 8.45. The van der Waals surface area contributed by atoms with Crippen LogP contribution in [0.2, 0.25) is 0 Å². The van der Waals surface area contributed by atoms with E-state index in [-0.39, 0.29) is 29.3 Å². The molecule has 0 aromatic heterocycles. The van der Waals surface area contributed by atoms with Gasteiger partial charge in [0.25, 0.3) is 11.6 Å². The smallest absolute Gasteiger partial charge is 0.292 e. The molecule has 27 heavy (non-hydrogen) atoms. The summed E-state index contributed by atoms with van der Waals surface area (Å²) in [5, 5.41) is 13.7. The normalized spacial score (nSPS) is 21.7. The number of nitrogens with zero attached hydrogens (tertiary/aromatic N) is 3. The van der Waals surface area contributed by atoms with Gasteiger partial charge in [-0.15, -0.1) is 0 Å². The zero-order valence-electron chi connectivity index (χ0n) is 15.3. The Morgan fingerprint density at radius 3 is 2.59 bits per heavy atom. The fraction of sp³-hybridized carbons (Fsp3) is 0.556. The molecule has 0 unspecified atom stereocenters. The van der Waals surface area contributed by atoms with Crippen LogP contribution in [0.4, 0.5) is 11.4 Å². The Morgan fingerprint density at radius 2 is 1.96 bits per heavy atom. The SMILES string of the molecule is C[C@@H](C(=O)Nc1ccccc1[N+](=O)[O-])N1CCN(C(=O)[C@@H]2CCCO2)CC1. The van der Waals surface area contributed by atoms with Gasteiger partial charge < -0.3 is 15.0 Å². The molecule has 0 saturated carbocycles. The number of nitrogens with one attached hydrogen (secondary N) is 1. The number of carbonyl (C=O) groups is 2. The van der Waals surface area contributed by atoms with Crippen molar-refractivity contribution in [1.29, 1.82) is 0 Å². The summed E-state index contributed by atoms with van der Waals surface area (Å²) in [6, 6.07) is 5.62. The van der Waals surface area contributed by atoms with Crippen LogP contribution in [0.15, 0.2) is 24.3 Å². The van der Waals surface area contributed by atoms with Gasteiger partial charge in [0.1, 0.15) is 11.8 Å². The topological polar surface area (TPSA) is 105 Å². The van der Waals surface area contributed by atoms with Gasteiger partial charge in [-0.1, -0.05) is 12.1 Å². The molecule has 1 N–H and O–H groups in total. The number of benzene rings is 1. The van der Waals surface area contributed by atoms with E-state index in [2.05, 4.69) is 5.32 Å². The Hall–Kier alpha value is -2.52. The molecule has 2 atom stereocenters. The molecule has 2 aliphatic heterocycles. The van der Waals surface area contributed by atoms with Crippen molar-refractivity contribution in [2.75, 3.05) is 38.1 Å². The molecule has 2 heterocycles. The first-order valence-corrected chi connectivity index (χ1v) is 9.16. The van der Waals surface area contributed by atoms with E-state index in [1.165, 1.54) is 12.1 Å². The Bertz CT molecular complexity index is 711. The quantitative estimate of drug-likeness (QED) is 0.612. The van der Waals surface area contributed by atoms with Crippen LogP contribution in [0, 0.1) is 10.1 Å². The number of ether oxygens (including phenoxy) is 1. The number of amides is 2. The van der Waals surface area contributed by atoms with E-state index in [0.717, 1.165) is 12.8 Å². The second-order valence-corrected chi connectivity index (χ2v) is 6.80. The average molecular weight is 376 g/mol. The highest BCUT2D eigenvalue weighted by Gasteiger charge is 2.32. The molecule has 2 saturated heterocycles. The molecule has 9 heteroatoms. The maximum atomic E-state index is 12.5. The fourth-order valence-corrected chi connectivity index (χ4v) is 3.45. The summed E-state index contributed by atoms with van der Waals surface area (Å²) in [6.07, 6.45) is 1.36. The van der Waals surface area contributed by atoms with Crippen molar-refractivity contribution in [2.45, 2.75) is 31.9 Å². The third-order valence-electron chi connectivity index (χ3n) is 5.12.